The second-order valence-corrected chi connectivity index (χ2v) is 7.15. The van der Waals surface area contributed by atoms with Gasteiger partial charge in [0.05, 0.1) is 5.75 Å². The minimum atomic E-state index is 0.103. The van der Waals surface area contributed by atoms with Crippen LogP contribution in [0.3, 0.4) is 0 Å². The van der Waals surface area contributed by atoms with Gasteiger partial charge in [-0.2, -0.15) is 0 Å². The van der Waals surface area contributed by atoms with E-state index in [0.717, 1.165) is 28.5 Å². The maximum Gasteiger partial charge on any atom is 0.230 e. The van der Waals surface area contributed by atoms with Crippen molar-refractivity contribution in [2.45, 2.75) is 57.9 Å². The van der Waals surface area contributed by atoms with Gasteiger partial charge in [0, 0.05) is 16.6 Å². The lowest BCUT2D eigenvalue weighted by molar-refractivity contribution is -0.119. The van der Waals surface area contributed by atoms with E-state index in [1.165, 1.54) is 12.8 Å². The molecule has 0 aliphatic heterocycles. The largest absolute Gasteiger partial charge is 0.399 e. The van der Waals surface area contributed by atoms with Crippen molar-refractivity contribution >= 4 is 23.4 Å². The fourth-order valence-corrected chi connectivity index (χ4v) is 2.91. The third kappa shape index (κ3) is 7.42. The van der Waals surface area contributed by atoms with Gasteiger partial charge in [-0.25, -0.2) is 0 Å². The van der Waals surface area contributed by atoms with Gasteiger partial charge >= 0.3 is 0 Å². The van der Waals surface area contributed by atoms with Gasteiger partial charge in [-0.1, -0.05) is 26.7 Å². The Morgan fingerprint density at radius 3 is 2.62 bits per heavy atom. The standard InChI is InChI=1S/C17H28N2OS/c1-12(2)6-5-7-14(4)19-17(20)11-21-15-8-9-16(18)13(3)10-15/h8-10,12,14H,5-7,11,18H2,1-4H3,(H,19,20). The first-order valence-corrected chi connectivity index (χ1v) is 8.65. The molecule has 1 unspecified atom stereocenters. The number of rotatable bonds is 8. The number of carbonyl (C=O) groups excluding carboxylic acids is 1. The van der Waals surface area contributed by atoms with Gasteiger partial charge in [-0.3, -0.25) is 4.79 Å². The molecule has 0 aliphatic carbocycles. The maximum absolute atomic E-state index is 11.9. The SMILES string of the molecule is Cc1cc(SCC(=O)NC(C)CCCC(C)C)ccc1N. The van der Waals surface area contributed by atoms with Crippen LogP contribution in [0.5, 0.6) is 0 Å². The van der Waals surface area contributed by atoms with Crippen molar-refractivity contribution < 1.29 is 4.79 Å². The molecule has 0 aliphatic rings. The van der Waals surface area contributed by atoms with Gasteiger partial charge in [-0.15, -0.1) is 11.8 Å². The number of carbonyl (C=O) groups is 1. The molecule has 0 radical (unpaired) electrons. The van der Waals surface area contributed by atoms with Gasteiger partial charge in [0.25, 0.3) is 0 Å². The summed E-state index contributed by atoms with van der Waals surface area (Å²) >= 11 is 1.55. The van der Waals surface area contributed by atoms with Crippen LogP contribution in [0.4, 0.5) is 5.69 Å². The van der Waals surface area contributed by atoms with Crippen LogP contribution in [0.2, 0.25) is 0 Å². The first kappa shape index (κ1) is 17.9. The zero-order valence-electron chi connectivity index (χ0n) is 13.6. The predicted octanol–water partition coefficient (Wildman–Crippen LogP) is 4.00. The van der Waals surface area contributed by atoms with Crippen LogP contribution in [0, 0.1) is 12.8 Å². The van der Waals surface area contributed by atoms with Crippen LogP contribution in [-0.2, 0) is 4.79 Å². The summed E-state index contributed by atoms with van der Waals surface area (Å²) in [6.45, 7) is 8.52. The second kappa shape index (κ2) is 8.98. The lowest BCUT2D eigenvalue weighted by Gasteiger charge is -2.14. The van der Waals surface area contributed by atoms with E-state index in [-0.39, 0.29) is 11.9 Å². The summed E-state index contributed by atoms with van der Waals surface area (Å²) in [5.41, 5.74) is 7.64. The van der Waals surface area contributed by atoms with Crippen LogP contribution in [0.25, 0.3) is 0 Å². The number of thioether (sulfide) groups is 1. The monoisotopic (exact) mass is 308 g/mol. The quantitative estimate of drug-likeness (QED) is 0.564. The highest BCUT2D eigenvalue weighted by Gasteiger charge is 2.08. The molecule has 1 rings (SSSR count). The second-order valence-electron chi connectivity index (χ2n) is 6.10. The van der Waals surface area contributed by atoms with Crippen LogP contribution in [0.15, 0.2) is 23.1 Å². The molecule has 1 aromatic rings. The van der Waals surface area contributed by atoms with Crippen molar-refractivity contribution in [3.05, 3.63) is 23.8 Å². The summed E-state index contributed by atoms with van der Waals surface area (Å²) in [7, 11) is 0. The molecular formula is C17H28N2OS. The van der Waals surface area contributed by atoms with Gasteiger partial charge < -0.3 is 11.1 Å². The first-order chi connectivity index (χ1) is 9.88. The fourth-order valence-electron chi connectivity index (χ4n) is 2.11. The van der Waals surface area contributed by atoms with E-state index >= 15 is 0 Å². The Kier molecular flexibility index (Phi) is 7.65. The van der Waals surface area contributed by atoms with E-state index in [4.69, 9.17) is 5.73 Å². The smallest absolute Gasteiger partial charge is 0.230 e. The fraction of sp³-hybridized carbons (Fsp3) is 0.588. The lowest BCUT2D eigenvalue weighted by atomic mass is 10.0. The van der Waals surface area contributed by atoms with Gasteiger partial charge in [0.15, 0.2) is 0 Å². The van der Waals surface area contributed by atoms with Crippen molar-refractivity contribution in [2.24, 2.45) is 5.92 Å². The predicted molar refractivity (Wildman–Crippen MR) is 92.6 cm³/mol. The number of amides is 1. The molecule has 3 N–H and O–H groups in total. The molecule has 118 valence electrons. The van der Waals surface area contributed by atoms with Crippen molar-refractivity contribution in [1.29, 1.82) is 0 Å². The van der Waals surface area contributed by atoms with Crippen LogP contribution in [-0.4, -0.2) is 17.7 Å². The van der Waals surface area contributed by atoms with Crippen molar-refractivity contribution in [2.75, 3.05) is 11.5 Å². The Hall–Kier alpha value is -1.16. The zero-order valence-corrected chi connectivity index (χ0v) is 14.4. The normalized spacial score (nSPS) is 12.4. The summed E-state index contributed by atoms with van der Waals surface area (Å²) in [4.78, 5) is 13.0. The molecular weight excluding hydrogens is 280 g/mol. The molecule has 1 amide bonds. The molecule has 0 fully saturated rings. The third-order valence-electron chi connectivity index (χ3n) is 3.44. The Morgan fingerprint density at radius 1 is 1.29 bits per heavy atom. The number of hydrogen-bond donors (Lipinski definition) is 2. The summed E-state index contributed by atoms with van der Waals surface area (Å²) in [5.74, 6) is 1.29. The topological polar surface area (TPSA) is 55.1 Å². The van der Waals surface area contributed by atoms with Crippen LogP contribution < -0.4 is 11.1 Å². The Bertz CT molecular complexity index is 460. The number of hydrogen-bond acceptors (Lipinski definition) is 3. The number of nitrogen functional groups attached to an aromatic ring is 1. The molecule has 1 atom stereocenters. The summed E-state index contributed by atoms with van der Waals surface area (Å²) < 4.78 is 0. The average Bonchev–Trinajstić information content (AvgIpc) is 2.39. The van der Waals surface area contributed by atoms with E-state index < -0.39 is 0 Å². The molecule has 3 nitrogen and oxygen atoms in total. The summed E-state index contributed by atoms with van der Waals surface area (Å²) in [5, 5.41) is 3.07. The molecule has 0 spiro atoms. The Labute approximate surface area is 133 Å². The zero-order chi connectivity index (χ0) is 15.8. The highest BCUT2D eigenvalue weighted by molar-refractivity contribution is 8.00. The highest BCUT2D eigenvalue weighted by Crippen LogP contribution is 2.22. The number of anilines is 1. The molecule has 0 saturated carbocycles. The summed E-state index contributed by atoms with van der Waals surface area (Å²) in [6.07, 6.45) is 3.44. The van der Waals surface area contributed by atoms with E-state index in [1.807, 2.05) is 25.1 Å². The van der Waals surface area contributed by atoms with Gasteiger partial charge in [0.2, 0.25) is 5.91 Å². The molecule has 0 aromatic heterocycles. The van der Waals surface area contributed by atoms with Crippen LogP contribution >= 0.6 is 11.8 Å². The van der Waals surface area contributed by atoms with E-state index in [2.05, 4.69) is 26.1 Å². The minimum Gasteiger partial charge on any atom is -0.399 e. The molecule has 21 heavy (non-hydrogen) atoms. The number of benzene rings is 1. The van der Waals surface area contributed by atoms with E-state index in [9.17, 15) is 4.79 Å². The van der Waals surface area contributed by atoms with Crippen LogP contribution in [0.1, 0.15) is 45.6 Å². The maximum atomic E-state index is 11.9. The van der Waals surface area contributed by atoms with E-state index in [0.29, 0.717) is 5.75 Å². The number of nitrogens with two attached hydrogens (primary N) is 1. The Morgan fingerprint density at radius 2 is 2.00 bits per heavy atom. The van der Waals surface area contributed by atoms with E-state index in [1.54, 1.807) is 11.8 Å². The lowest BCUT2D eigenvalue weighted by Crippen LogP contribution is -2.33. The van der Waals surface area contributed by atoms with Crippen molar-refractivity contribution in [3.63, 3.8) is 0 Å². The third-order valence-corrected chi connectivity index (χ3v) is 4.43. The molecule has 0 heterocycles. The van der Waals surface area contributed by atoms with Gasteiger partial charge in [-0.05, 0) is 49.9 Å². The highest BCUT2D eigenvalue weighted by atomic mass is 32.2. The minimum absolute atomic E-state index is 0.103. The molecule has 0 bridgehead atoms. The summed E-state index contributed by atoms with van der Waals surface area (Å²) in [6, 6.07) is 6.14. The molecule has 0 saturated heterocycles. The van der Waals surface area contributed by atoms with Crippen molar-refractivity contribution in [3.8, 4) is 0 Å². The molecule has 4 heteroatoms. The molecule has 1 aromatic carbocycles. The Balaban J connectivity index is 2.28. The number of nitrogens with one attached hydrogen (secondary N) is 1. The first-order valence-electron chi connectivity index (χ1n) is 7.66. The van der Waals surface area contributed by atoms with Gasteiger partial charge in [0.1, 0.15) is 0 Å². The van der Waals surface area contributed by atoms with Crippen molar-refractivity contribution in [1.82, 2.24) is 5.32 Å². The average molecular weight is 308 g/mol. The number of aryl methyl sites for hydroxylation is 1.